The SMILES string of the molecule is CCc1c(F)ccc2cc(O)cc(-c3ncc4c(N5CCC[C@@](C)(O)C5)nc(OCC56CCCN5CCC6)nc4c3F)c12. The van der Waals surface area contributed by atoms with Gasteiger partial charge in [-0.2, -0.15) is 9.97 Å². The van der Waals surface area contributed by atoms with E-state index in [2.05, 4.69) is 14.9 Å². The number of phenolic OH excluding ortho intramolecular Hbond substituents is 1. The molecule has 0 amide bonds. The van der Waals surface area contributed by atoms with Crippen molar-refractivity contribution in [3.63, 3.8) is 0 Å². The maximum Gasteiger partial charge on any atom is 0.319 e. The summed E-state index contributed by atoms with van der Waals surface area (Å²) in [6.07, 6.45) is 7.67. The van der Waals surface area contributed by atoms with E-state index in [0.717, 1.165) is 45.2 Å². The van der Waals surface area contributed by atoms with Crippen LogP contribution in [0.25, 0.3) is 32.9 Å². The third-order valence-electron chi connectivity index (χ3n) is 9.66. The molecular formula is C33H37F2N5O3. The second-order valence-corrected chi connectivity index (χ2v) is 12.7. The first-order valence-corrected chi connectivity index (χ1v) is 15.3. The molecule has 3 saturated heterocycles. The van der Waals surface area contributed by atoms with Gasteiger partial charge in [-0.25, -0.2) is 8.78 Å². The number of aromatic nitrogens is 3. The molecule has 2 aromatic heterocycles. The molecule has 2 aromatic carbocycles. The highest BCUT2D eigenvalue weighted by molar-refractivity contribution is 6.01. The number of anilines is 1. The molecule has 0 saturated carbocycles. The van der Waals surface area contributed by atoms with E-state index in [4.69, 9.17) is 9.72 Å². The summed E-state index contributed by atoms with van der Waals surface area (Å²) in [6.45, 7) is 7.13. The number of ether oxygens (including phenoxy) is 1. The van der Waals surface area contributed by atoms with Crippen LogP contribution in [0.15, 0.2) is 30.5 Å². The van der Waals surface area contributed by atoms with Gasteiger partial charge in [0.15, 0.2) is 5.82 Å². The number of benzene rings is 2. The van der Waals surface area contributed by atoms with Gasteiger partial charge in [-0.05, 0) is 99.5 Å². The van der Waals surface area contributed by atoms with E-state index in [1.54, 1.807) is 19.1 Å². The lowest BCUT2D eigenvalue weighted by Gasteiger charge is -2.38. The smallest absolute Gasteiger partial charge is 0.319 e. The van der Waals surface area contributed by atoms with Gasteiger partial charge in [0.05, 0.1) is 16.5 Å². The molecule has 7 rings (SSSR count). The number of pyridine rings is 1. The van der Waals surface area contributed by atoms with Crippen molar-refractivity contribution >= 4 is 27.5 Å². The molecule has 226 valence electrons. The van der Waals surface area contributed by atoms with Crippen LogP contribution in [-0.2, 0) is 6.42 Å². The van der Waals surface area contributed by atoms with Crippen molar-refractivity contribution in [2.45, 2.75) is 69.9 Å². The summed E-state index contributed by atoms with van der Waals surface area (Å²) < 4.78 is 37.9. The Labute approximate surface area is 249 Å². The Morgan fingerprint density at radius 1 is 1.02 bits per heavy atom. The summed E-state index contributed by atoms with van der Waals surface area (Å²) in [5, 5.41) is 22.9. The first-order valence-electron chi connectivity index (χ1n) is 15.3. The van der Waals surface area contributed by atoms with Gasteiger partial charge < -0.3 is 19.8 Å². The Balaban J connectivity index is 1.39. The molecule has 3 aliphatic rings. The summed E-state index contributed by atoms with van der Waals surface area (Å²) in [7, 11) is 0. The van der Waals surface area contributed by atoms with Crippen molar-refractivity contribution in [1.82, 2.24) is 19.9 Å². The van der Waals surface area contributed by atoms with Gasteiger partial charge in [0.1, 0.15) is 35.2 Å². The van der Waals surface area contributed by atoms with Crippen LogP contribution in [0.5, 0.6) is 11.8 Å². The highest BCUT2D eigenvalue weighted by atomic mass is 19.1. The summed E-state index contributed by atoms with van der Waals surface area (Å²) in [5.41, 5.74) is -0.248. The fourth-order valence-corrected chi connectivity index (χ4v) is 7.61. The van der Waals surface area contributed by atoms with Crippen LogP contribution in [0, 0.1) is 11.6 Å². The maximum absolute atomic E-state index is 16.7. The zero-order valence-corrected chi connectivity index (χ0v) is 24.7. The summed E-state index contributed by atoms with van der Waals surface area (Å²) >= 11 is 0. The minimum atomic E-state index is -0.920. The Morgan fingerprint density at radius 3 is 2.53 bits per heavy atom. The van der Waals surface area contributed by atoms with Crippen LogP contribution in [0.3, 0.4) is 0 Å². The number of halogens is 2. The number of nitrogens with zero attached hydrogens (tertiary/aromatic N) is 5. The normalized spacial score (nSPS) is 22.0. The third-order valence-corrected chi connectivity index (χ3v) is 9.66. The van der Waals surface area contributed by atoms with Gasteiger partial charge in [0.25, 0.3) is 0 Å². The quantitative estimate of drug-likeness (QED) is 0.294. The number of aryl methyl sites for hydroxylation is 1. The topological polar surface area (TPSA) is 94.8 Å². The predicted molar refractivity (Wildman–Crippen MR) is 162 cm³/mol. The summed E-state index contributed by atoms with van der Waals surface area (Å²) in [6, 6.07) is 5.99. The number of phenols is 1. The van der Waals surface area contributed by atoms with E-state index in [9.17, 15) is 14.6 Å². The third kappa shape index (κ3) is 4.84. The monoisotopic (exact) mass is 589 g/mol. The lowest BCUT2D eigenvalue weighted by atomic mass is 9.94. The van der Waals surface area contributed by atoms with Crippen molar-refractivity contribution < 1.29 is 23.7 Å². The Kier molecular flexibility index (Phi) is 6.89. The van der Waals surface area contributed by atoms with E-state index < -0.39 is 17.2 Å². The van der Waals surface area contributed by atoms with Gasteiger partial charge in [-0.3, -0.25) is 9.88 Å². The van der Waals surface area contributed by atoms with Gasteiger partial charge in [0, 0.05) is 24.8 Å². The zero-order chi connectivity index (χ0) is 29.9. The Morgan fingerprint density at radius 2 is 1.79 bits per heavy atom. The molecule has 0 unspecified atom stereocenters. The van der Waals surface area contributed by atoms with Crippen LogP contribution in [0.4, 0.5) is 14.6 Å². The largest absolute Gasteiger partial charge is 0.508 e. The predicted octanol–water partition coefficient (Wildman–Crippen LogP) is 5.75. The van der Waals surface area contributed by atoms with Gasteiger partial charge >= 0.3 is 6.01 Å². The summed E-state index contributed by atoms with van der Waals surface area (Å²) in [5.74, 6) is -0.703. The van der Waals surface area contributed by atoms with Crippen LogP contribution >= 0.6 is 0 Å². The minimum Gasteiger partial charge on any atom is -0.508 e. The molecule has 0 radical (unpaired) electrons. The fraction of sp³-hybridized carbons (Fsp3) is 0.485. The van der Waals surface area contributed by atoms with Crippen molar-refractivity contribution in [2.24, 2.45) is 0 Å². The van der Waals surface area contributed by atoms with Gasteiger partial charge in [-0.15, -0.1) is 0 Å². The highest BCUT2D eigenvalue weighted by Gasteiger charge is 2.45. The van der Waals surface area contributed by atoms with Gasteiger partial charge in [0.2, 0.25) is 0 Å². The van der Waals surface area contributed by atoms with Crippen molar-refractivity contribution in [2.75, 3.05) is 37.7 Å². The maximum atomic E-state index is 16.7. The molecule has 3 fully saturated rings. The van der Waals surface area contributed by atoms with Crippen molar-refractivity contribution in [3.8, 4) is 23.0 Å². The molecule has 0 bridgehead atoms. The zero-order valence-electron chi connectivity index (χ0n) is 24.7. The number of hydrogen-bond acceptors (Lipinski definition) is 8. The van der Waals surface area contributed by atoms with Crippen LogP contribution in [-0.4, -0.2) is 74.0 Å². The number of rotatable bonds is 6. The van der Waals surface area contributed by atoms with E-state index >= 15 is 4.39 Å². The Hall–Kier alpha value is -3.63. The average Bonchev–Trinajstić information content (AvgIpc) is 3.56. The number of fused-ring (bicyclic) bond motifs is 3. The summed E-state index contributed by atoms with van der Waals surface area (Å²) in [4.78, 5) is 18.3. The van der Waals surface area contributed by atoms with E-state index in [1.165, 1.54) is 18.3 Å². The average molecular weight is 590 g/mol. The molecule has 1 atom stereocenters. The molecule has 10 heteroatoms. The second kappa shape index (κ2) is 10.5. The van der Waals surface area contributed by atoms with Crippen LogP contribution in [0.1, 0.15) is 57.9 Å². The van der Waals surface area contributed by atoms with Gasteiger partial charge in [-0.1, -0.05) is 13.0 Å². The fourth-order valence-electron chi connectivity index (χ4n) is 7.61. The van der Waals surface area contributed by atoms with Crippen LogP contribution < -0.4 is 9.64 Å². The van der Waals surface area contributed by atoms with Crippen molar-refractivity contribution in [3.05, 3.63) is 47.7 Å². The molecule has 3 aliphatic heterocycles. The molecule has 4 aromatic rings. The molecule has 43 heavy (non-hydrogen) atoms. The number of β-amino-alcohol motifs (C(OH)–C–C–N with tert-alkyl or cyclic N) is 1. The second-order valence-electron chi connectivity index (χ2n) is 12.7. The first kappa shape index (κ1) is 28.2. The highest BCUT2D eigenvalue weighted by Crippen LogP contribution is 2.41. The van der Waals surface area contributed by atoms with E-state index in [1.807, 2.05) is 11.8 Å². The van der Waals surface area contributed by atoms with Crippen LogP contribution in [0.2, 0.25) is 0 Å². The number of aromatic hydroxyl groups is 1. The lowest BCUT2D eigenvalue weighted by Crippen LogP contribution is -2.46. The molecule has 0 aliphatic carbocycles. The van der Waals surface area contributed by atoms with E-state index in [0.29, 0.717) is 65.6 Å². The lowest BCUT2D eigenvalue weighted by molar-refractivity contribution is 0.0447. The molecular weight excluding hydrogens is 552 g/mol. The first-order chi connectivity index (χ1) is 20.7. The molecule has 2 N–H and O–H groups in total. The number of aliphatic hydroxyl groups is 1. The molecule has 8 nitrogen and oxygen atoms in total. The molecule has 0 spiro atoms. The van der Waals surface area contributed by atoms with E-state index in [-0.39, 0.29) is 28.5 Å². The minimum absolute atomic E-state index is 0.0355. The standard InChI is InChI=1S/C33H37F2N5O3/c1-3-22-25(34)8-7-20-15-21(41)16-23(26(20)22)28-27(35)29-24(17-36-28)30(39-12-4-9-32(2,42)18-39)38-31(37-29)43-19-33-10-5-13-40(33)14-6-11-33/h7-8,15-17,41-42H,3-6,9-14,18-19H2,1-2H3/t32-/m1/s1. The van der Waals surface area contributed by atoms with Crippen molar-refractivity contribution in [1.29, 1.82) is 0 Å². The Bertz CT molecular complexity index is 1720. The molecule has 5 heterocycles. The number of piperidine rings is 1. The number of hydrogen-bond donors (Lipinski definition) is 2.